The number of carbonyl (C=O) groups excluding carboxylic acids is 2. The van der Waals surface area contributed by atoms with Crippen LogP contribution in [0.15, 0.2) is 0 Å². The van der Waals surface area contributed by atoms with Gasteiger partial charge in [-0.25, -0.2) is 4.79 Å². The van der Waals surface area contributed by atoms with Crippen LogP contribution in [0.3, 0.4) is 0 Å². The Morgan fingerprint density at radius 3 is 2.59 bits per heavy atom. The third kappa shape index (κ3) is 2.82. The van der Waals surface area contributed by atoms with Crippen molar-refractivity contribution in [2.45, 2.75) is 39.2 Å². The summed E-state index contributed by atoms with van der Waals surface area (Å²) in [4.78, 5) is 29.4. The molecule has 120 valence electrons. The second-order valence-corrected chi connectivity index (χ2v) is 6.98. The first kappa shape index (κ1) is 15.3. The lowest BCUT2D eigenvalue weighted by Gasteiger charge is -2.40. The van der Waals surface area contributed by atoms with Crippen LogP contribution in [0, 0.1) is 13.8 Å². The maximum Gasteiger partial charge on any atom is 0.317 e. The molecule has 1 aromatic rings. The van der Waals surface area contributed by atoms with Gasteiger partial charge in [-0.1, -0.05) is 0 Å². The summed E-state index contributed by atoms with van der Waals surface area (Å²) in [6, 6.07) is 0.303. The van der Waals surface area contributed by atoms with Gasteiger partial charge in [0.15, 0.2) is 0 Å². The normalized spacial score (nSPS) is 20.2. The van der Waals surface area contributed by atoms with Crippen molar-refractivity contribution < 1.29 is 9.59 Å². The summed E-state index contributed by atoms with van der Waals surface area (Å²) < 4.78 is 4.26. The lowest BCUT2D eigenvalue weighted by atomic mass is 10.0. The first-order valence-corrected chi connectivity index (χ1v) is 8.62. The van der Waals surface area contributed by atoms with E-state index in [-0.39, 0.29) is 18.0 Å². The summed E-state index contributed by atoms with van der Waals surface area (Å²) in [6.45, 7) is 6.86. The third-order valence-corrected chi connectivity index (χ3v) is 5.40. The smallest absolute Gasteiger partial charge is 0.317 e. The summed E-state index contributed by atoms with van der Waals surface area (Å²) in [5, 5.41) is 2.90. The highest BCUT2D eigenvalue weighted by Crippen LogP contribution is 2.23. The van der Waals surface area contributed by atoms with Crippen molar-refractivity contribution in [3.05, 3.63) is 16.1 Å². The van der Waals surface area contributed by atoms with Crippen LogP contribution in [-0.4, -0.2) is 58.3 Å². The van der Waals surface area contributed by atoms with E-state index in [1.165, 1.54) is 11.5 Å². The van der Waals surface area contributed by atoms with Gasteiger partial charge in [-0.2, -0.15) is 4.37 Å². The van der Waals surface area contributed by atoms with Crippen molar-refractivity contribution in [3.63, 3.8) is 0 Å². The van der Waals surface area contributed by atoms with E-state index >= 15 is 0 Å². The number of amides is 3. The Balaban J connectivity index is 1.62. The van der Waals surface area contributed by atoms with Crippen molar-refractivity contribution in [2.75, 3.05) is 26.2 Å². The average Bonchev–Trinajstić information content (AvgIpc) is 2.86. The monoisotopic (exact) mass is 322 g/mol. The standard InChI is InChI=1S/C15H22N4O2S/c1-10-13(11(2)22-17-10)14(20)18-8-4-12(5-9-18)19-7-3-6-16-15(19)21/h12H,3-9H2,1-2H3,(H,16,21). The zero-order valence-electron chi connectivity index (χ0n) is 13.1. The van der Waals surface area contributed by atoms with E-state index in [4.69, 9.17) is 0 Å². The molecule has 2 aliphatic rings. The number of nitrogens with zero attached hydrogens (tertiary/aromatic N) is 3. The molecule has 2 fully saturated rings. The first-order valence-electron chi connectivity index (χ1n) is 7.84. The van der Waals surface area contributed by atoms with E-state index in [2.05, 4.69) is 9.69 Å². The Morgan fingerprint density at radius 1 is 1.27 bits per heavy atom. The fourth-order valence-electron chi connectivity index (χ4n) is 3.32. The predicted octanol–water partition coefficient (Wildman–Crippen LogP) is 1.78. The summed E-state index contributed by atoms with van der Waals surface area (Å²) in [5.41, 5.74) is 1.59. The van der Waals surface area contributed by atoms with E-state index in [0.717, 1.165) is 48.5 Å². The molecular weight excluding hydrogens is 300 g/mol. The van der Waals surface area contributed by atoms with Crippen LogP contribution in [0.2, 0.25) is 0 Å². The number of hydrogen-bond donors (Lipinski definition) is 1. The molecule has 0 aliphatic carbocycles. The Morgan fingerprint density at radius 2 is 2.00 bits per heavy atom. The number of likely N-dealkylation sites (tertiary alicyclic amines) is 1. The molecule has 3 rings (SSSR count). The van der Waals surface area contributed by atoms with E-state index < -0.39 is 0 Å². The van der Waals surface area contributed by atoms with Gasteiger partial charge >= 0.3 is 6.03 Å². The summed E-state index contributed by atoms with van der Waals surface area (Å²) >= 11 is 1.39. The largest absolute Gasteiger partial charge is 0.338 e. The number of rotatable bonds is 2. The lowest BCUT2D eigenvalue weighted by Crippen LogP contribution is -2.54. The molecule has 2 saturated heterocycles. The van der Waals surface area contributed by atoms with Crippen molar-refractivity contribution in [3.8, 4) is 0 Å². The topological polar surface area (TPSA) is 65.5 Å². The molecule has 2 aliphatic heterocycles. The predicted molar refractivity (Wildman–Crippen MR) is 85.2 cm³/mol. The maximum atomic E-state index is 12.6. The molecule has 0 radical (unpaired) electrons. The zero-order chi connectivity index (χ0) is 15.7. The van der Waals surface area contributed by atoms with Gasteiger partial charge in [0.25, 0.3) is 5.91 Å². The quantitative estimate of drug-likeness (QED) is 0.902. The summed E-state index contributed by atoms with van der Waals surface area (Å²) in [5.74, 6) is 0.0882. The van der Waals surface area contributed by atoms with Crippen molar-refractivity contribution in [1.82, 2.24) is 19.5 Å². The second-order valence-electron chi connectivity index (χ2n) is 6.00. The number of hydrogen-bond acceptors (Lipinski definition) is 4. The van der Waals surface area contributed by atoms with Crippen LogP contribution in [-0.2, 0) is 0 Å². The summed E-state index contributed by atoms with van der Waals surface area (Å²) in [7, 11) is 0. The molecule has 0 aromatic carbocycles. The Kier molecular flexibility index (Phi) is 4.33. The highest BCUT2D eigenvalue weighted by molar-refractivity contribution is 7.06. The number of nitrogens with one attached hydrogen (secondary N) is 1. The fourth-order valence-corrected chi connectivity index (χ4v) is 4.01. The molecule has 0 saturated carbocycles. The second kappa shape index (κ2) is 6.24. The van der Waals surface area contributed by atoms with Gasteiger partial charge < -0.3 is 15.1 Å². The summed E-state index contributed by atoms with van der Waals surface area (Å²) in [6.07, 6.45) is 2.72. The molecule has 0 spiro atoms. The third-order valence-electron chi connectivity index (χ3n) is 4.55. The number of piperidine rings is 1. The van der Waals surface area contributed by atoms with Gasteiger partial charge in [0, 0.05) is 37.1 Å². The molecule has 7 heteroatoms. The first-order chi connectivity index (χ1) is 10.6. The molecule has 0 atom stereocenters. The van der Waals surface area contributed by atoms with Crippen LogP contribution < -0.4 is 5.32 Å². The van der Waals surface area contributed by atoms with E-state index in [1.54, 1.807) is 0 Å². The van der Waals surface area contributed by atoms with Crippen LogP contribution in [0.4, 0.5) is 4.79 Å². The number of aromatic nitrogens is 1. The van der Waals surface area contributed by atoms with Gasteiger partial charge in [-0.3, -0.25) is 4.79 Å². The van der Waals surface area contributed by atoms with Crippen molar-refractivity contribution >= 4 is 23.5 Å². The van der Waals surface area contributed by atoms with Gasteiger partial charge in [-0.05, 0) is 44.6 Å². The van der Waals surface area contributed by atoms with E-state index in [9.17, 15) is 9.59 Å². The SMILES string of the molecule is Cc1nsc(C)c1C(=O)N1CCC(N2CCCNC2=O)CC1. The van der Waals surface area contributed by atoms with Crippen molar-refractivity contribution in [2.24, 2.45) is 0 Å². The zero-order valence-corrected chi connectivity index (χ0v) is 13.9. The van der Waals surface area contributed by atoms with Crippen LogP contribution in [0.25, 0.3) is 0 Å². The number of urea groups is 1. The Labute approximate surface area is 134 Å². The maximum absolute atomic E-state index is 12.6. The minimum Gasteiger partial charge on any atom is -0.338 e. The fraction of sp³-hybridized carbons (Fsp3) is 0.667. The van der Waals surface area contributed by atoms with E-state index in [1.807, 2.05) is 23.6 Å². The molecule has 3 heterocycles. The number of carbonyl (C=O) groups is 2. The highest BCUT2D eigenvalue weighted by atomic mass is 32.1. The van der Waals surface area contributed by atoms with Crippen LogP contribution in [0.1, 0.15) is 40.2 Å². The Bertz CT molecular complexity index is 559. The number of aryl methyl sites for hydroxylation is 2. The minimum atomic E-state index is 0.0461. The van der Waals surface area contributed by atoms with Gasteiger partial charge in [-0.15, -0.1) is 0 Å². The molecule has 6 nitrogen and oxygen atoms in total. The Hall–Kier alpha value is -1.63. The highest BCUT2D eigenvalue weighted by Gasteiger charge is 2.32. The molecule has 3 amide bonds. The minimum absolute atomic E-state index is 0.0461. The van der Waals surface area contributed by atoms with Gasteiger partial charge in [0.1, 0.15) is 0 Å². The molecular formula is C15H22N4O2S. The van der Waals surface area contributed by atoms with Crippen molar-refractivity contribution in [1.29, 1.82) is 0 Å². The van der Waals surface area contributed by atoms with Gasteiger partial charge in [0.05, 0.1) is 11.3 Å². The molecule has 1 aromatic heterocycles. The molecule has 22 heavy (non-hydrogen) atoms. The van der Waals surface area contributed by atoms with Gasteiger partial charge in [0.2, 0.25) is 0 Å². The van der Waals surface area contributed by atoms with Crippen LogP contribution >= 0.6 is 11.5 Å². The molecule has 1 N–H and O–H groups in total. The van der Waals surface area contributed by atoms with E-state index in [0.29, 0.717) is 13.1 Å². The average molecular weight is 322 g/mol. The molecule has 0 unspecified atom stereocenters. The molecule has 0 bridgehead atoms. The van der Waals surface area contributed by atoms with Crippen LogP contribution in [0.5, 0.6) is 0 Å². The lowest BCUT2D eigenvalue weighted by molar-refractivity contribution is 0.0641.